The van der Waals surface area contributed by atoms with Gasteiger partial charge in [-0.05, 0) is 83.9 Å². The lowest BCUT2D eigenvalue weighted by atomic mass is 10.1. The van der Waals surface area contributed by atoms with Gasteiger partial charge in [0, 0.05) is 26.2 Å². The molecule has 6 rings (SSSR count). The maximum absolute atomic E-state index is 12.7. The predicted octanol–water partition coefficient (Wildman–Crippen LogP) is 0.711. The third-order valence-corrected chi connectivity index (χ3v) is 13.0. The molecular weight excluding hydrogens is 1040 g/mol. The first-order valence-corrected chi connectivity index (χ1v) is 26.1. The van der Waals surface area contributed by atoms with Crippen molar-refractivity contribution in [3.05, 3.63) is 107 Å². The van der Waals surface area contributed by atoms with Gasteiger partial charge in [0.15, 0.2) is 0 Å². The first-order valence-electron chi connectivity index (χ1n) is 20.4. The number of anilines is 2. The number of H-pyrrole nitrogens is 2. The van der Waals surface area contributed by atoms with Crippen molar-refractivity contribution in [1.82, 2.24) is 29.9 Å². The van der Waals surface area contributed by atoms with Gasteiger partial charge in [0.2, 0.25) is 11.9 Å². The molecule has 2 heterocycles. The Labute approximate surface area is 408 Å². The molecule has 0 unspecified atom stereocenters. The summed E-state index contributed by atoms with van der Waals surface area (Å²) in [7, 11) is -19.2. The molecule has 72 heavy (non-hydrogen) atoms. The highest BCUT2D eigenvalue weighted by molar-refractivity contribution is 7.86. The first kappa shape index (κ1) is 54.3. The summed E-state index contributed by atoms with van der Waals surface area (Å²) >= 11 is 0. The van der Waals surface area contributed by atoms with E-state index in [-0.39, 0.29) is 95.3 Å². The van der Waals surface area contributed by atoms with Crippen molar-refractivity contribution in [3.63, 3.8) is 0 Å². The van der Waals surface area contributed by atoms with Gasteiger partial charge in [0.05, 0.1) is 47.6 Å². The molecule has 0 aliphatic heterocycles. The maximum Gasteiger partial charge on any atom is 0.305 e. The zero-order valence-electron chi connectivity index (χ0n) is 36.8. The van der Waals surface area contributed by atoms with E-state index < -0.39 is 86.5 Å². The molecule has 0 atom stereocenters. The molecule has 0 bridgehead atoms. The normalized spacial score (nSPS) is 12.9. The van der Waals surface area contributed by atoms with E-state index in [2.05, 4.69) is 39.9 Å². The number of aromatic amines is 2. The standard InChI is InChI=1S/C40H42N10O18S4/c51-19-15-49(16-20-52)37-43-35(45-39(47-37)67-29-7-11-31(12-8-29)69(55,56)57)41-27-5-3-25(33(23-27)71(61,62)63)1-2-26-4-6-28(24-34(26)72(64,65)66)42-36-44-38(50(17-21-53)18-22-54)48-40(46-36)68-30-9-13-32(14-10-30)70(58,59)60/h1-14,23-24,51-54H,15-22H2,(H,55,56,57)(H,58,59,60)(H,61,62,63)(H,64,65,66)(H,41,43,45,47)(H,42,44,46,48). The number of ether oxygens (including phenoxy) is 2. The van der Waals surface area contributed by atoms with Crippen molar-refractivity contribution >= 4 is 75.9 Å². The van der Waals surface area contributed by atoms with E-state index in [1.54, 1.807) is 0 Å². The molecule has 0 aliphatic rings. The topological polar surface area (TPSA) is 431 Å². The van der Waals surface area contributed by atoms with Crippen molar-refractivity contribution in [2.45, 2.75) is 19.6 Å². The molecular formula is C40H42N10O18S4. The molecule has 0 saturated carbocycles. The Morgan fingerprint density at radius 3 is 1.10 bits per heavy atom. The van der Waals surface area contributed by atoms with E-state index in [1.165, 1.54) is 58.3 Å². The SMILES string of the molecule is O=S(=O)(O)c1ccc(Oc2nc(=Nc3ccc(C=Cc4ccc(N=c5nc(Oc6ccc(S(=O)(=O)O)cc6)[nH]c(N(CCO)CCO)n5)cc4S(=O)(=O)O)c(S(=O)(=O)O)c3)nc(N(CCO)CCO)[nH]2)cc1. The number of hydrogen-bond acceptors (Lipinski definition) is 22. The first-order chi connectivity index (χ1) is 34.0. The number of rotatable bonds is 22. The molecule has 0 amide bonds. The Morgan fingerprint density at radius 1 is 0.472 bits per heavy atom. The van der Waals surface area contributed by atoms with Gasteiger partial charge in [-0.15, -0.1) is 0 Å². The van der Waals surface area contributed by atoms with E-state index in [4.69, 9.17) is 9.47 Å². The molecule has 32 heteroatoms. The van der Waals surface area contributed by atoms with Gasteiger partial charge < -0.3 is 39.7 Å². The van der Waals surface area contributed by atoms with Gasteiger partial charge in [-0.3, -0.25) is 28.2 Å². The minimum atomic E-state index is -5.06. The van der Waals surface area contributed by atoms with E-state index in [1.807, 2.05) is 0 Å². The Morgan fingerprint density at radius 2 is 0.806 bits per heavy atom. The average molecular weight is 1080 g/mol. The second kappa shape index (κ2) is 23.0. The van der Waals surface area contributed by atoms with Crippen LogP contribution in [-0.4, -0.2) is 155 Å². The Balaban J connectivity index is 1.38. The van der Waals surface area contributed by atoms with Crippen LogP contribution >= 0.6 is 0 Å². The van der Waals surface area contributed by atoms with Gasteiger partial charge in [-0.1, -0.05) is 24.3 Å². The van der Waals surface area contributed by atoms with Crippen molar-refractivity contribution < 1.29 is 81.8 Å². The number of aliphatic hydroxyl groups excluding tert-OH is 4. The summed E-state index contributed by atoms with van der Waals surface area (Å²) in [5.41, 5.74) is -1.52. The predicted molar refractivity (Wildman–Crippen MR) is 250 cm³/mol. The quantitative estimate of drug-likeness (QED) is 0.0330. The van der Waals surface area contributed by atoms with Crippen LogP contribution in [-0.2, 0) is 40.5 Å². The fourth-order valence-corrected chi connectivity index (χ4v) is 8.62. The van der Waals surface area contributed by atoms with Crippen LogP contribution in [0, 0.1) is 0 Å². The van der Waals surface area contributed by atoms with E-state index in [9.17, 15) is 72.3 Å². The Hall–Kier alpha value is -7.08. The minimum absolute atomic E-state index is 0.0168. The van der Waals surface area contributed by atoms with Crippen molar-refractivity contribution in [2.75, 3.05) is 62.4 Å². The van der Waals surface area contributed by atoms with Crippen LogP contribution in [0.1, 0.15) is 11.1 Å². The molecule has 384 valence electrons. The zero-order valence-corrected chi connectivity index (χ0v) is 40.0. The van der Waals surface area contributed by atoms with Crippen molar-refractivity contribution in [2.24, 2.45) is 9.98 Å². The van der Waals surface area contributed by atoms with Gasteiger partial charge in [-0.25, -0.2) is 9.98 Å². The van der Waals surface area contributed by atoms with Crippen LogP contribution < -0.4 is 30.5 Å². The lowest BCUT2D eigenvalue weighted by Crippen LogP contribution is -2.33. The third kappa shape index (κ3) is 14.7. The monoisotopic (exact) mass is 1080 g/mol. The summed E-state index contributed by atoms with van der Waals surface area (Å²) in [6.45, 7) is -1.79. The second-order valence-corrected chi connectivity index (χ2v) is 20.1. The second-order valence-electron chi connectivity index (χ2n) is 14.5. The number of nitrogens with zero attached hydrogens (tertiary/aromatic N) is 8. The van der Waals surface area contributed by atoms with Crippen LogP contribution in [0.3, 0.4) is 0 Å². The van der Waals surface area contributed by atoms with E-state index in [0.717, 1.165) is 48.6 Å². The molecule has 28 nitrogen and oxygen atoms in total. The number of hydrogen-bond donors (Lipinski definition) is 10. The summed E-state index contributed by atoms with van der Waals surface area (Å²) in [6.07, 6.45) is 2.21. The molecule has 0 saturated heterocycles. The molecule has 4 aromatic carbocycles. The minimum Gasteiger partial charge on any atom is -0.426 e. The van der Waals surface area contributed by atoms with Crippen molar-refractivity contribution in [1.29, 1.82) is 0 Å². The van der Waals surface area contributed by atoms with Crippen molar-refractivity contribution in [3.8, 4) is 23.5 Å². The molecule has 6 aromatic rings. The Bertz CT molecular complexity index is 3310. The van der Waals surface area contributed by atoms with Crippen LogP contribution in [0.2, 0.25) is 0 Å². The lowest BCUT2D eigenvalue weighted by molar-refractivity contribution is 0.279. The highest BCUT2D eigenvalue weighted by Crippen LogP contribution is 2.29. The largest absolute Gasteiger partial charge is 0.426 e. The van der Waals surface area contributed by atoms with Crippen LogP contribution in [0.5, 0.6) is 23.5 Å². The molecule has 0 radical (unpaired) electrons. The summed E-state index contributed by atoms with van der Waals surface area (Å²) in [5.74, 6) is -0.0688. The van der Waals surface area contributed by atoms with Gasteiger partial charge in [-0.2, -0.15) is 53.6 Å². The highest BCUT2D eigenvalue weighted by Gasteiger charge is 2.20. The van der Waals surface area contributed by atoms with Crippen LogP contribution in [0.15, 0.2) is 114 Å². The van der Waals surface area contributed by atoms with Gasteiger partial charge >= 0.3 is 12.0 Å². The number of aliphatic hydroxyl groups is 4. The highest BCUT2D eigenvalue weighted by atomic mass is 32.2. The number of aromatic nitrogens is 6. The average Bonchev–Trinajstić information content (AvgIpc) is 3.30. The Kier molecular flexibility index (Phi) is 17.3. The van der Waals surface area contributed by atoms with Gasteiger partial charge in [0.1, 0.15) is 21.3 Å². The van der Waals surface area contributed by atoms with E-state index >= 15 is 0 Å². The number of benzene rings is 4. The fraction of sp³-hybridized carbons (Fsp3) is 0.200. The summed E-state index contributed by atoms with van der Waals surface area (Å²) in [6, 6.07) is 15.1. The third-order valence-electron chi connectivity index (χ3n) is 9.45. The smallest absolute Gasteiger partial charge is 0.305 e. The van der Waals surface area contributed by atoms with Crippen LogP contribution in [0.25, 0.3) is 12.2 Å². The molecule has 0 aliphatic carbocycles. The lowest BCUT2D eigenvalue weighted by Gasteiger charge is -2.21. The summed E-state index contributed by atoms with van der Waals surface area (Å²) in [5, 5.41) is 38.6. The molecule has 0 fully saturated rings. The van der Waals surface area contributed by atoms with Gasteiger partial charge in [0.25, 0.3) is 51.7 Å². The molecule has 0 spiro atoms. The maximum atomic E-state index is 12.7. The fourth-order valence-electron chi connectivity index (χ4n) is 6.25. The molecule has 2 aromatic heterocycles. The van der Waals surface area contributed by atoms with Crippen LogP contribution in [0.4, 0.5) is 23.3 Å². The molecule has 10 N–H and O–H groups in total. The van der Waals surface area contributed by atoms with E-state index in [0.29, 0.717) is 0 Å². The number of nitrogens with one attached hydrogen (secondary N) is 2. The summed E-state index contributed by atoms with van der Waals surface area (Å²) in [4.78, 5) is 31.3. The summed E-state index contributed by atoms with van der Waals surface area (Å²) < 4.78 is 148. The zero-order chi connectivity index (χ0) is 52.4.